The summed E-state index contributed by atoms with van der Waals surface area (Å²) in [4.78, 5) is 11.3. The van der Waals surface area contributed by atoms with Crippen LogP contribution < -0.4 is 19.1 Å². The molecule has 32 heavy (non-hydrogen) atoms. The van der Waals surface area contributed by atoms with E-state index in [4.69, 9.17) is 21.4 Å². The minimum Gasteiger partial charge on any atom is -0.495 e. The topological polar surface area (TPSA) is 142 Å². The molecule has 0 aliphatic heterocycles. The van der Waals surface area contributed by atoms with Gasteiger partial charge in [-0.15, -0.1) is 0 Å². The molecule has 0 aromatic heterocycles. The zero-order valence-corrected chi connectivity index (χ0v) is 19.8. The number of nitrogens with one attached hydrogen (secondary N) is 2. The van der Waals surface area contributed by atoms with E-state index in [-0.39, 0.29) is 47.3 Å². The number of nitrogens with zero attached hydrogens (tertiary/aromatic N) is 1. The molecular formula is C19H24ClN3O7S2. The molecule has 0 saturated heterocycles. The summed E-state index contributed by atoms with van der Waals surface area (Å²) in [5.74, 6) is -0.279. The molecule has 1 amide bonds. The Hall–Kier alpha value is -2.38. The van der Waals surface area contributed by atoms with Gasteiger partial charge in [-0.2, -0.15) is 0 Å². The average molecular weight is 506 g/mol. The molecule has 2 aromatic carbocycles. The molecule has 0 atom stereocenters. The summed E-state index contributed by atoms with van der Waals surface area (Å²) in [6.45, 7) is -0.333. The van der Waals surface area contributed by atoms with E-state index in [1.165, 1.54) is 56.6 Å². The van der Waals surface area contributed by atoms with Crippen molar-refractivity contribution in [3.05, 3.63) is 47.5 Å². The summed E-state index contributed by atoms with van der Waals surface area (Å²) in [5, 5.41) is 11.5. The van der Waals surface area contributed by atoms with Crippen molar-refractivity contribution >= 4 is 43.2 Å². The molecule has 0 unspecified atom stereocenters. The molecule has 0 saturated carbocycles. The second-order valence-corrected chi connectivity index (χ2v) is 10.7. The monoisotopic (exact) mass is 505 g/mol. The predicted molar refractivity (Wildman–Crippen MR) is 120 cm³/mol. The smallest absolute Gasteiger partial charge is 0.264 e. The number of amides is 1. The Kier molecular flexibility index (Phi) is 8.87. The zero-order chi connectivity index (χ0) is 23.9. The summed E-state index contributed by atoms with van der Waals surface area (Å²) in [6, 6.07) is 9.31. The Morgan fingerprint density at radius 1 is 1.06 bits per heavy atom. The molecule has 0 spiro atoms. The maximum atomic E-state index is 13.0. The zero-order valence-electron chi connectivity index (χ0n) is 17.4. The summed E-state index contributed by atoms with van der Waals surface area (Å²) in [5.41, 5.74) is 0.00557. The fourth-order valence-electron chi connectivity index (χ4n) is 2.64. The van der Waals surface area contributed by atoms with Crippen molar-refractivity contribution in [1.82, 2.24) is 10.0 Å². The average Bonchev–Trinajstić information content (AvgIpc) is 2.76. The SMILES string of the molecule is COc1ccc(S(=O)(=O)NCCC(=O)NCCO)cc1N(C)S(=O)(=O)c1ccc(Cl)cc1. The fourth-order valence-corrected chi connectivity index (χ4v) is 5.02. The molecule has 3 N–H and O–H groups in total. The van der Waals surface area contributed by atoms with Gasteiger partial charge < -0.3 is 15.2 Å². The van der Waals surface area contributed by atoms with E-state index in [9.17, 15) is 21.6 Å². The highest BCUT2D eigenvalue weighted by Gasteiger charge is 2.26. The highest BCUT2D eigenvalue weighted by molar-refractivity contribution is 7.92. The van der Waals surface area contributed by atoms with Crippen LogP contribution in [0.5, 0.6) is 5.75 Å². The van der Waals surface area contributed by atoms with E-state index in [0.29, 0.717) is 5.02 Å². The van der Waals surface area contributed by atoms with Crippen molar-refractivity contribution < 1.29 is 31.5 Å². The third-order valence-electron chi connectivity index (χ3n) is 4.35. The van der Waals surface area contributed by atoms with Crippen LogP contribution in [0.15, 0.2) is 52.3 Å². The normalized spacial score (nSPS) is 11.8. The van der Waals surface area contributed by atoms with Crippen LogP contribution in [0.2, 0.25) is 5.02 Å². The maximum absolute atomic E-state index is 13.0. The van der Waals surface area contributed by atoms with Crippen LogP contribution in [0.4, 0.5) is 5.69 Å². The van der Waals surface area contributed by atoms with Gasteiger partial charge in [0, 0.05) is 31.6 Å². The molecule has 0 aliphatic carbocycles. The lowest BCUT2D eigenvalue weighted by atomic mass is 10.3. The molecule has 176 valence electrons. The van der Waals surface area contributed by atoms with Gasteiger partial charge in [-0.05, 0) is 42.5 Å². The first-order chi connectivity index (χ1) is 15.0. The number of methoxy groups -OCH3 is 1. The van der Waals surface area contributed by atoms with Gasteiger partial charge in [0.25, 0.3) is 10.0 Å². The van der Waals surface area contributed by atoms with Gasteiger partial charge in [0.1, 0.15) is 5.75 Å². The lowest BCUT2D eigenvalue weighted by Crippen LogP contribution is -2.32. The number of carbonyl (C=O) groups is 1. The molecule has 0 aliphatic rings. The Balaban J connectivity index is 2.29. The van der Waals surface area contributed by atoms with Crippen molar-refractivity contribution in [2.24, 2.45) is 0 Å². The number of hydrogen-bond acceptors (Lipinski definition) is 7. The van der Waals surface area contributed by atoms with Gasteiger partial charge in [-0.25, -0.2) is 21.6 Å². The number of ether oxygens (including phenoxy) is 1. The standard InChI is InChI=1S/C19H24ClN3O7S2/c1-23(32(28,29)15-5-3-14(20)4-6-15)17-13-16(7-8-18(17)30-2)31(26,27)22-10-9-19(25)21-11-12-24/h3-8,13,22,24H,9-12H2,1-2H3,(H,21,25). The predicted octanol–water partition coefficient (Wildman–Crippen LogP) is 0.951. The van der Waals surface area contributed by atoms with Crippen LogP contribution >= 0.6 is 11.6 Å². The number of anilines is 1. The number of halogens is 1. The maximum Gasteiger partial charge on any atom is 0.264 e. The van der Waals surface area contributed by atoms with E-state index >= 15 is 0 Å². The van der Waals surface area contributed by atoms with Gasteiger partial charge >= 0.3 is 0 Å². The van der Waals surface area contributed by atoms with Crippen LogP contribution in [0.25, 0.3) is 0 Å². The fraction of sp³-hybridized carbons (Fsp3) is 0.316. The Morgan fingerprint density at radius 2 is 1.69 bits per heavy atom. The first kappa shape index (κ1) is 25.9. The van der Waals surface area contributed by atoms with Crippen molar-refractivity contribution in [1.29, 1.82) is 0 Å². The molecule has 10 nitrogen and oxygen atoms in total. The van der Waals surface area contributed by atoms with Crippen LogP contribution in [0.3, 0.4) is 0 Å². The molecule has 2 rings (SSSR count). The van der Waals surface area contributed by atoms with E-state index in [2.05, 4.69) is 10.0 Å². The number of aliphatic hydroxyl groups excluding tert-OH is 1. The third kappa shape index (κ3) is 6.33. The van der Waals surface area contributed by atoms with E-state index in [1.807, 2.05) is 0 Å². The van der Waals surface area contributed by atoms with E-state index in [0.717, 1.165) is 4.31 Å². The second kappa shape index (κ2) is 11.0. The third-order valence-corrected chi connectivity index (χ3v) is 7.85. The van der Waals surface area contributed by atoms with E-state index in [1.54, 1.807) is 0 Å². The Morgan fingerprint density at radius 3 is 2.28 bits per heavy atom. The van der Waals surface area contributed by atoms with Crippen LogP contribution in [-0.4, -0.2) is 61.7 Å². The number of hydrogen-bond donors (Lipinski definition) is 3. The molecular weight excluding hydrogens is 482 g/mol. The van der Waals surface area contributed by atoms with Crippen molar-refractivity contribution in [3.8, 4) is 5.75 Å². The molecule has 13 heteroatoms. The van der Waals surface area contributed by atoms with Crippen molar-refractivity contribution in [3.63, 3.8) is 0 Å². The van der Waals surface area contributed by atoms with Gasteiger partial charge in [-0.3, -0.25) is 9.10 Å². The van der Waals surface area contributed by atoms with Crippen LogP contribution in [0, 0.1) is 0 Å². The summed E-state index contributed by atoms with van der Waals surface area (Å²) in [6.07, 6.45) is -0.132. The summed E-state index contributed by atoms with van der Waals surface area (Å²) >= 11 is 5.82. The van der Waals surface area contributed by atoms with E-state index < -0.39 is 26.0 Å². The van der Waals surface area contributed by atoms with Gasteiger partial charge in [-0.1, -0.05) is 11.6 Å². The molecule has 2 aromatic rings. The van der Waals surface area contributed by atoms with Crippen molar-refractivity contribution in [2.75, 3.05) is 38.2 Å². The highest BCUT2D eigenvalue weighted by Crippen LogP contribution is 2.33. The number of rotatable bonds is 11. The first-order valence-corrected chi connectivity index (χ1v) is 12.6. The second-order valence-electron chi connectivity index (χ2n) is 6.48. The van der Waals surface area contributed by atoms with Gasteiger partial charge in [0.05, 0.1) is 29.2 Å². The first-order valence-electron chi connectivity index (χ1n) is 9.32. The summed E-state index contributed by atoms with van der Waals surface area (Å²) in [7, 11) is -5.47. The molecule has 0 fully saturated rings. The number of benzene rings is 2. The quantitative estimate of drug-likeness (QED) is 0.412. The lowest BCUT2D eigenvalue weighted by molar-refractivity contribution is -0.121. The number of carbonyl (C=O) groups excluding carboxylic acids is 1. The van der Waals surface area contributed by atoms with Crippen LogP contribution in [-0.2, 0) is 24.8 Å². The summed E-state index contributed by atoms with van der Waals surface area (Å²) < 4.78 is 59.7. The minimum absolute atomic E-state index is 0.00557. The highest BCUT2D eigenvalue weighted by atomic mass is 35.5. The van der Waals surface area contributed by atoms with Crippen LogP contribution in [0.1, 0.15) is 6.42 Å². The molecule has 0 radical (unpaired) electrons. The largest absolute Gasteiger partial charge is 0.495 e. The Bertz CT molecular complexity index is 1150. The van der Waals surface area contributed by atoms with Gasteiger partial charge in [0.15, 0.2) is 0 Å². The molecule has 0 bridgehead atoms. The molecule has 0 heterocycles. The minimum atomic E-state index is -4.05. The number of aliphatic hydroxyl groups is 1. The lowest BCUT2D eigenvalue weighted by Gasteiger charge is -2.22. The van der Waals surface area contributed by atoms with Gasteiger partial charge in [0.2, 0.25) is 15.9 Å². The van der Waals surface area contributed by atoms with Crippen molar-refractivity contribution in [2.45, 2.75) is 16.2 Å². The Labute approximate surface area is 192 Å². The number of sulfonamides is 2.